The molecule has 2 aromatic rings. The van der Waals surface area contributed by atoms with Crippen molar-refractivity contribution >= 4 is 23.2 Å². The van der Waals surface area contributed by atoms with Crippen LogP contribution in [0, 0.1) is 0 Å². The Morgan fingerprint density at radius 3 is 2.52 bits per heavy atom. The van der Waals surface area contributed by atoms with Crippen molar-refractivity contribution in [3.63, 3.8) is 0 Å². The van der Waals surface area contributed by atoms with E-state index in [2.05, 4.69) is 16.0 Å². The van der Waals surface area contributed by atoms with Crippen LogP contribution in [0.1, 0.15) is 24.1 Å². The zero-order valence-corrected chi connectivity index (χ0v) is 14.6. The van der Waals surface area contributed by atoms with Gasteiger partial charge in [0.2, 0.25) is 0 Å². The number of allylic oxidation sites excluding steroid dienone is 1. The lowest BCUT2D eigenvalue weighted by Gasteiger charge is -2.30. The summed E-state index contributed by atoms with van der Waals surface area (Å²) in [5.41, 5.74) is 3.18. The van der Waals surface area contributed by atoms with Gasteiger partial charge < -0.3 is 21.1 Å². The zero-order chi connectivity index (χ0) is 17.8. The average molecular weight is 353 g/mol. The molecule has 3 rings (SSSR count). The molecule has 0 fully saturated rings. The van der Waals surface area contributed by atoms with E-state index in [0.717, 1.165) is 11.1 Å². The fourth-order valence-corrected chi connectivity index (χ4v) is 3.06. The number of hydrogen-bond donors (Lipinski definition) is 4. The molecule has 1 atom stereocenters. The Morgan fingerprint density at radius 1 is 1.16 bits per heavy atom. The number of phenols is 1. The molecule has 0 spiro atoms. The van der Waals surface area contributed by atoms with Gasteiger partial charge in [-0.2, -0.15) is 0 Å². The molecule has 1 aliphatic heterocycles. The molecule has 1 heterocycles. The van der Waals surface area contributed by atoms with Crippen molar-refractivity contribution in [3.05, 3.63) is 77.0 Å². The molecule has 5 nitrogen and oxygen atoms in total. The molecular weight excluding hydrogens is 334 g/mol. The van der Waals surface area contributed by atoms with Crippen LogP contribution in [0.25, 0.3) is 0 Å². The molecule has 128 valence electrons. The Labute approximate surface area is 151 Å². The summed E-state index contributed by atoms with van der Waals surface area (Å²) in [5, 5.41) is 19.1. The molecule has 0 saturated heterocycles. The number of benzene rings is 2. The maximum atomic E-state index is 12.8. The van der Waals surface area contributed by atoms with Crippen molar-refractivity contribution in [1.82, 2.24) is 16.0 Å². The predicted octanol–water partition coefficient (Wildman–Crippen LogP) is 2.50. The number of aromatic hydroxyl groups is 1. The molecule has 0 bridgehead atoms. The normalized spacial score (nSPS) is 16.8. The molecule has 1 amide bonds. The zero-order valence-electron chi connectivity index (χ0n) is 13.7. The SMILES string of the molecule is CC1=C(C(=O)NCc2ccccc2)C(c2ccc(O)cc2)NC(=S)N1. The number of rotatable bonds is 4. The van der Waals surface area contributed by atoms with Crippen LogP contribution in [0.5, 0.6) is 5.75 Å². The highest BCUT2D eigenvalue weighted by atomic mass is 32.1. The first-order chi connectivity index (χ1) is 12.0. The van der Waals surface area contributed by atoms with Crippen LogP contribution in [0.2, 0.25) is 0 Å². The first kappa shape index (κ1) is 17.0. The Morgan fingerprint density at radius 2 is 1.84 bits per heavy atom. The molecule has 4 N–H and O–H groups in total. The van der Waals surface area contributed by atoms with Crippen molar-refractivity contribution in [1.29, 1.82) is 0 Å². The number of nitrogens with one attached hydrogen (secondary N) is 3. The minimum absolute atomic E-state index is 0.165. The van der Waals surface area contributed by atoms with Crippen molar-refractivity contribution in [3.8, 4) is 5.75 Å². The Kier molecular flexibility index (Phi) is 5.00. The third kappa shape index (κ3) is 3.97. The lowest BCUT2D eigenvalue weighted by atomic mass is 9.95. The second kappa shape index (κ2) is 7.36. The molecule has 0 radical (unpaired) electrons. The first-order valence-electron chi connectivity index (χ1n) is 7.94. The van der Waals surface area contributed by atoms with E-state index in [4.69, 9.17) is 12.2 Å². The summed E-state index contributed by atoms with van der Waals surface area (Å²) in [6.07, 6.45) is 0. The van der Waals surface area contributed by atoms with Gasteiger partial charge in [0.1, 0.15) is 5.75 Å². The largest absolute Gasteiger partial charge is 0.508 e. The van der Waals surface area contributed by atoms with Crippen LogP contribution in [-0.4, -0.2) is 16.1 Å². The maximum Gasteiger partial charge on any atom is 0.251 e. The standard InChI is InChI=1S/C19H19N3O2S/c1-12-16(18(24)20-11-13-5-3-2-4-6-13)17(22-19(25)21-12)14-7-9-15(23)10-8-14/h2-10,17,23H,11H2,1H3,(H,20,24)(H2,21,22,25). The lowest BCUT2D eigenvalue weighted by Crippen LogP contribution is -2.46. The highest BCUT2D eigenvalue weighted by Crippen LogP contribution is 2.28. The van der Waals surface area contributed by atoms with Gasteiger partial charge >= 0.3 is 0 Å². The molecule has 25 heavy (non-hydrogen) atoms. The fourth-order valence-electron chi connectivity index (χ4n) is 2.79. The van der Waals surface area contributed by atoms with Crippen LogP contribution in [0.3, 0.4) is 0 Å². The first-order valence-corrected chi connectivity index (χ1v) is 8.35. The van der Waals surface area contributed by atoms with E-state index in [0.29, 0.717) is 22.9 Å². The molecule has 1 unspecified atom stereocenters. The van der Waals surface area contributed by atoms with Crippen LogP contribution >= 0.6 is 12.2 Å². The van der Waals surface area contributed by atoms with E-state index in [9.17, 15) is 9.90 Å². The topological polar surface area (TPSA) is 73.4 Å². The number of carbonyl (C=O) groups excluding carboxylic acids is 1. The summed E-state index contributed by atoms with van der Waals surface area (Å²) >= 11 is 5.23. The van der Waals surface area contributed by atoms with Crippen molar-refractivity contribution in [2.75, 3.05) is 0 Å². The number of amides is 1. The van der Waals surface area contributed by atoms with Gasteiger partial charge in [0.25, 0.3) is 5.91 Å². The van der Waals surface area contributed by atoms with Crippen LogP contribution < -0.4 is 16.0 Å². The highest BCUT2D eigenvalue weighted by Gasteiger charge is 2.29. The van der Waals surface area contributed by atoms with Gasteiger partial charge in [0.05, 0.1) is 11.6 Å². The minimum Gasteiger partial charge on any atom is -0.508 e. The number of phenolic OH excluding ortho intramolecular Hbond substituents is 1. The summed E-state index contributed by atoms with van der Waals surface area (Å²) in [6.45, 7) is 2.28. The van der Waals surface area contributed by atoms with Crippen LogP contribution in [0.4, 0.5) is 0 Å². The monoisotopic (exact) mass is 353 g/mol. The van der Waals surface area contributed by atoms with Gasteiger partial charge in [0, 0.05) is 12.2 Å². The summed E-state index contributed by atoms with van der Waals surface area (Å²) in [7, 11) is 0. The van der Waals surface area contributed by atoms with Crippen molar-refractivity contribution < 1.29 is 9.90 Å². The van der Waals surface area contributed by atoms with E-state index in [1.807, 2.05) is 37.3 Å². The number of thiocarbonyl (C=S) groups is 1. The van der Waals surface area contributed by atoms with E-state index in [-0.39, 0.29) is 17.7 Å². The maximum absolute atomic E-state index is 12.8. The van der Waals surface area contributed by atoms with E-state index < -0.39 is 0 Å². The van der Waals surface area contributed by atoms with Gasteiger partial charge in [-0.3, -0.25) is 4.79 Å². The van der Waals surface area contributed by atoms with Crippen molar-refractivity contribution in [2.45, 2.75) is 19.5 Å². The molecule has 2 aromatic carbocycles. The van der Waals surface area contributed by atoms with Gasteiger partial charge in [-0.15, -0.1) is 0 Å². The average Bonchev–Trinajstić information content (AvgIpc) is 2.60. The van der Waals surface area contributed by atoms with Gasteiger partial charge in [-0.1, -0.05) is 42.5 Å². The lowest BCUT2D eigenvalue weighted by molar-refractivity contribution is -0.118. The second-order valence-electron chi connectivity index (χ2n) is 5.83. The molecule has 1 aliphatic rings. The number of carbonyl (C=O) groups is 1. The quantitative estimate of drug-likeness (QED) is 0.636. The van der Waals surface area contributed by atoms with E-state index in [1.165, 1.54) is 0 Å². The predicted molar refractivity (Wildman–Crippen MR) is 101 cm³/mol. The summed E-state index contributed by atoms with van der Waals surface area (Å²) in [5.74, 6) is 0.0120. The Bertz CT molecular complexity index is 816. The van der Waals surface area contributed by atoms with Crippen LogP contribution in [-0.2, 0) is 11.3 Å². The van der Waals surface area contributed by atoms with Crippen LogP contribution in [0.15, 0.2) is 65.9 Å². The molecular formula is C19H19N3O2S. The van der Waals surface area contributed by atoms with Gasteiger partial charge in [-0.25, -0.2) is 0 Å². The van der Waals surface area contributed by atoms with Gasteiger partial charge in [-0.05, 0) is 42.4 Å². The molecule has 6 heteroatoms. The smallest absolute Gasteiger partial charge is 0.251 e. The molecule has 0 aromatic heterocycles. The Balaban J connectivity index is 1.84. The summed E-state index contributed by atoms with van der Waals surface area (Å²) in [6, 6.07) is 16.1. The number of hydrogen-bond acceptors (Lipinski definition) is 3. The van der Waals surface area contributed by atoms with E-state index >= 15 is 0 Å². The molecule has 0 saturated carbocycles. The van der Waals surface area contributed by atoms with Crippen molar-refractivity contribution in [2.24, 2.45) is 0 Å². The highest BCUT2D eigenvalue weighted by molar-refractivity contribution is 7.80. The third-order valence-electron chi connectivity index (χ3n) is 4.04. The fraction of sp³-hybridized carbons (Fsp3) is 0.158. The second-order valence-corrected chi connectivity index (χ2v) is 6.24. The molecule has 0 aliphatic carbocycles. The Hall–Kier alpha value is -2.86. The van der Waals surface area contributed by atoms with Gasteiger partial charge in [0.15, 0.2) is 5.11 Å². The summed E-state index contributed by atoms with van der Waals surface area (Å²) < 4.78 is 0. The summed E-state index contributed by atoms with van der Waals surface area (Å²) in [4.78, 5) is 12.8. The van der Waals surface area contributed by atoms with E-state index in [1.54, 1.807) is 24.3 Å². The minimum atomic E-state index is -0.370. The third-order valence-corrected chi connectivity index (χ3v) is 4.26.